The molecule has 3 N–H and O–H groups in total. The molecule has 3 nitrogen and oxygen atoms in total. The first kappa shape index (κ1) is 16.5. The molecule has 19 heavy (non-hydrogen) atoms. The van der Waals surface area contributed by atoms with Crippen molar-refractivity contribution in [1.82, 2.24) is 5.32 Å². The number of hydrogen-bond acceptors (Lipinski definition) is 3. The van der Waals surface area contributed by atoms with Crippen molar-refractivity contribution in [2.45, 2.75) is 38.6 Å². The second-order valence-electron chi connectivity index (χ2n) is 5.62. The molecule has 2 rings (SSSR count). The fourth-order valence-corrected chi connectivity index (χ4v) is 3.57. The zero-order valence-electron chi connectivity index (χ0n) is 11.5. The lowest BCUT2D eigenvalue weighted by atomic mass is 9.93. The first-order valence-electron chi connectivity index (χ1n) is 6.60. The van der Waals surface area contributed by atoms with Crippen molar-refractivity contribution >= 4 is 29.7 Å². The summed E-state index contributed by atoms with van der Waals surface area (Å²) in [5, 5.41) is 5.22. The number of rotatable bonds is 4. The minimum Gasteiger partial charge on any atom is -0.346 e. The largest absolute Gasteiger partial charge is 0.346 e. The van der Waals surface area contributed by atoms with Crippen molar-refractivity contribution in [2.75, 3.05) is 6.54 Å². The van der Waals surface area contributed by atoms with E-state index in [1.165, 1.54) is 4.88 Å². The van der Waals surface area contributed by atoms with Crippen molar-refractivity contribution in [3.8, 4) is 0 Å². The van der Waals surface area contributed by atoms with Crippen LogP contribution in [0.2, 0.25) is 0 Å². The van der Waals surface area contributed by atoms with Crippen LogP contribution in [-0.2, 0) is 10.3 Å². The Bertz CT molecular complexity index is 406. The molecular formula is C14H23ClN2OS. The van der Waals surface area contributed by atoms with Crippen molar-refractivity contribution < 1.29 is 4.79 Å². The number of thiophene rings is 1. The third-order valence-electron chi connectivity index (χ3n) is 3.87. The molecule has 0 bridgehead atoms. The van der Waals surface area contributed by atoms with Crippen LogP contribution in [-0.4, -0.2) is 12.5 Å². The Hall–Kier alpha value is -0.580. The van der Waals surface area contributed by atoms with E-state index in [-0.39, 0.29) is 29.8 Å². The van der Waals surface area contributed by atoms with E-state index in [1.54, 1.807) is 11.3 Å². The summed E-state index contributed by atoms with van der Waals surface area (Å²) in [4.78, 5) is 13.6. The minimum atomic E-state index is -0.285. The Balaban J connectivity index is 0.00000180. The van der Waals surface area contributed by atoms with Gasteiger partial charge in [0.2, 0.25) is 5.91 Å². The molecule has 0 radical (unpaired) electrons. The van der Waals surface area contributed by atoms with Gasteiger partial charge in [-0.1, -0.05) is 12.5 Å². The quantitative estimate of drug-likeness (QED) is 0.898. The van der Waals surface area contributed by atoms with Crippen LogP contribution in [0.25, 0.3) is 0 Å². The van der Waals surface area contributed by atoms with Gasteiger partial charge in [0.25, 0.3) is 0 Å². The number of halogens is 1. The van der Waals surface area contributed by atoms with Crippen LogP contribution in [0.5, 0.6) is 0 Å². The Morgan fingerprint density at radius 2 is 2.26 bits per heavy atom. The Labute approximate surface area is 125 Å². The monoisotopic (exact) mass is 302 g/mol. The van der Waals surface area contributed by atoms with Crippen LogP contribution < -0.4 is 11.1 Å². The van der Waals surface area contributed by atoms with Gasteiger partial charge in [0, 0.05) is 10.8 Å². The predicted molar refractivity (Wildman–Crippen MR) is 82.6 cm³/mol. The third-order valence-corrected chi connectivity index (χ3v) is 5.07. The first-order valence-corrected chi connectivity index (χ1v) is 7.48. The molecule has 0 aromatic carbocycles. The number of nitrogens with two attached hydrogens (primary N) is 1. The molecule has 0 spiro atoms. The van der Waals surface area contributed by atoms with Gasteiger partial charge in [0.05, 0.1) is 5.54 Å². The van der Waals surface area contributed by atoms with Crippen LogP contribution in [0.4, 0.5) is 0 Å². The zero-order valence-corrected chi connectivity index (χ0v) is 13.2. The molecule has 2 atom stereocenters. The highest BCUT2D eigenvalue weighted by molar-refractivity contribution is 7.10. The van der Waals surface area contributed by atoms with E-state index in [0.717, 1.165) is 19.3 Å². The van der Waals surface area contributed by atoms with Crippen LogP contribution in [0.3, 0.4) is 0 Å². The van der Waals surface area contributed by atoms with Gasteiger partial charge < -0.3 is 11.1 Å². The van der Waals surface area contributed by atoms with E-state index >= 15 is 0 Å². The molecule has 1 heterocycles. The Kier molecular flexibility index (Phi) is 5.83. The summed E-state index contributed by atoms with van der Waals surface area (Å²) >= 11 is 1.68. The number of carbonyl (C=O) groups excluding carboxylic acids is 1. The number of carbonyl (C=O) groups is 1. The fourth-order valence-electron chi connectivity index (χ4n) is 2.76. The summed E-state index contributed by atoms with van der Waals surface area (Å²) in [6.45, 7) is 4.74. The fraction of sp³-hybridized carbons (Fsp3) is 0.643. The smallest absolute Gasteiger partial charge is 0.224 e. The van der Waals surface area contributed by atoms with Crippen molar-refractivity contribution in [2.24, 2.45) is 17.6 Å². The molecule has 108 valence electrons. The average molecular weight is 303 g/mol. The molecule has 0 aliphatic heterocycles. The highest BCUT2D eigenvalue weighted by Gasteiger charge is 2.35. The second kappa shape index (κ2) is 6.73. The van der Waals surface area contributed by atoms with Gasteiger partial charge >= 0.3 is 0 Å². The highest BCUT2D eigenvalue weighted by Crippen LogP contribution is 2.32. The van der Waals surface area contributed by atoms with E-state index in [4.69, 9.17) is 5.73 Å². The molecule has 1 amide bonds. The van der Waals surface area contributed by atoms with E-state index in [2.05, 4.69) is 25.2 Å². The maximum atomic E-state index is 12.4. The topological polar surface area (TPSA) is 55.1 Å². The molecule has 1 fully saturated rings. The average Bonchev–Trinajstić information content (AvgIpc) is 2.99. The summed E-state index contributed by atoms with van der Waals surface area (Å²) in [6.07, 6.45) is 3.20. The lowest BCUT2D eigenvalue weighted by Crippen LogP contribution is -2.45. The van der Waals surface area contributed by atoms with E-state index in [9.17, 15) is 4.79 Å². The molecule has 1 saturated carbocycles. The van der Waals surface area contributed by atoms with Gasteiger partial charge in [-0.3, -0.25) is 4.79 Å². The Morgan fingerprint density at radius 3 is 2.84 bits per heavy atom. The minimum absolute atomic E-state index is 0. The summed E-state index contributed by atoms with van der Waals surface area (Å²) < 4.78 is 0. The van der Waals surface area contributed by atoms with Crippen LogP contribution in [0.1, 0.15) is 38.0 Å². The molecule has 1 aliphatic carbocycles. The highest BCUT2D eigenvalue weighted by atomic mass is 35.5. The van der Waals surface area contributed by atoms with E-state index < -0.39 is 0 Å². The van der Waals surface area contributed by atoms with Crippen molar-refractivity contribution in [3.05, 3.63) is 22.4 Å². The molecule has 1 aromatic rings. The molecule has 5 heteroatoms. The van der Waals surface area contributed by atoms with Crippen LogP contribution in [0.15, 0.2) is 17.5 Å². The molecule has 0 unspecified atom stereocenters. The maximum Gasteiger partial charge on any atom is 0.224 e. The standard InChI is InChI=1S/C14H22N2OS.ClH/c1-14(2,12-7-4-8-18-12)16-13(17)11-6-3-5-10(11)9-15;/h4,7-8,10-11H,3,5-6,9,15H2,1-2H3,(H,16,17);1H/t10-,11-;/m1./s1. The second-order valence-corrected chi connectivity index (χ2v) is 6.57. The number of nitrogens with one attached hydrogen (secondary N) is 1. The zero-order chi connectivity index (χ0) is 13.2. The van der Waals surface area contributed by atoms with Crippen molar-refractivity contribution in [3.63, 3.8) is 0 Å². The van der Waals surface area contributed by atoms with E-state index in [1.807, 2.05) is 11.4 Å². The number of hydrogen-bond donors (Lipinski definition) is 2. The summed E-state index contributed by atoms with van der Waals surface area (Å²) in [5.41, 5.74) is 5.46. The lowest BCUT2D eigenvalue weighted by molar-refractivity contribution is -0.127. The Morgan fingerprint density at radius 1 is 1.53 bits per heavy atom. The van der Waals surface area contributed by atoms with Crippen LogP contribution >= 0.6 is 23.7 Å². The molecule has 1 aliphatic rings. The number of amides is 1. The molecule has 1 aromatic heterocycles. The normalized spacial score (nSPS) is 22.9. The maximum absolute atomic E-state index is 12.4. The summed E-state index contributed by atoms with van der Waals surface area (Å²) in [5.74, 6) is 0.639. The van der Waals surface area contributed by atoms with Gasteiger partial charge in [0.15, 0.2) is 0 Å². The van der Waals surface area contributed by atoms with Gasteiger partial charge in [-0.15, -0.1) is 23.7 Å². The van der Waals surface area contributed by atoms with Gasteiger partial charge in [-0.05, 0) is 50.6 Å². The molecule has 0 saturated heterocycles. The van der Waals surface area contributed by atoms with Gasteiger partial charge in [0.1, 0.15) is 0 Å². The van der Waals surface area contributed by atoms with Gasteiger partial charge in [-0.25, -0.2) is 0 Å². The summed E-state index contributed by atoms with van der Waals surface area (Å²) in [7, 11) is 0. The SMILES string of the molecule is CC(C)(NC(=O)[C@@H]1CCC[C@@H]1CN)c1cccs1.Cl. The molecular weight excluding hydrogens is 280 g/mol. The first-order chi connectivity index (χ1) is 8.54. The van der Waals surface area contributed by atoms with E-state index in [0.29, 0.717) is 12.5 Å². The lowest BCUT2D eigenvalue weighted by Gasteiger charge is -2.28. The summed E-state index contributed by atoms with van der Waals surface area (Å²) in [6, 6.07) is 4.09. The third kappa shape index (κ3) is 3.71. The predicted octanol–water partition coefficient (Wildman–Crippen LogP) is 2.90. The van der Waals surface area contributed by atoms with Crippen LogP contribution in [0, 0.1) is 11.8 Å². The van der Waals surface area contributed by atoms with Gasteiger partial charge in [-0.2, -0.15) is 0 Å². The van der Waals surface area contributed by atoms with Crippen molar-refractivity contribution in [1.29, 1.82) is 0 Å².